The number of ether oxygens (including phenoxy) is 1. The smallest absolute Gasteiger partial charge is 0.261 e. The van der Waals surface area contributed by atoms with E-state index in [1.165, 1.54) is 10.9 Å². The van der Waals surface area contributed by atoms with Gasteiger partial charge in [-0.3, -0.25) is 19.1 Å². The van der Waals surface area contributed by atoms with E-state index >= 15 is 0 Å². The van der Waals surface area contributed by atoms with Gasteiger partial charge in [0.15, 0.2) is 0 Å². The van der Waals surface area contributed by atoms with Crippen LogP contribution in [0, 0.1) is 0 Å². The highest BCUT2D eigenvalue weighted by Crippen LogP contribution is 2.05. The Kier molecular flexibility index (Phi) is 5.78. The highest BCUT2D eigenvalue weighted by molar-refractivity contribution is 5.77. The average Bonchev–Trinajstić information content (AvgIpc) is 2.66. The molecule has 0 spiro atoms. The van der Waals surface area contributed by atoms with Gasteiger partial charge in [-0.05, 0) is 12.1 Å². The van der Waals surface area contributed by atoms with Gasteiger partial charge >= 0.3 is 0 Å². The molecule has 1 amide bonds. The Balaban J connectivity index is 1.53. The van der Waals surface area contributed by atoms with Crippen LogP contribution in [0.1, 0.15) is 6.42 Å². The van der Waals surface area contributed by atoms with E-state index in [1.54, 1.807) is 11.0 Å². The number of amides is 1. The van der Waals surface area contributed by atoms with E-state index in [1.807, 2.05) is 25.2 Å². The third-order valence-corrected chi connectivity index (χ3v) is 4.58. The number of nitrogens with zero attached hydrogens (tertiary/aromatic N) is 4. The molecule has 1 aromatic carbocycles. The van der Waals surface area contributed by atoms with Gasteiger partial charge in [0.2, 0.25) is 5.91 Å². The molecule has 0 radical (unpaired) electrons. The first kappa shape index (κ1) is 17.6. The summed E-state index contributed by atoms with van der Waals surface area (Å²) in [4.78, 5) is 33.0. The van der Waals surface area contributed by atoms with Crippen LogP contribution in [0.15, 0.2) is 35.4 Å². The summed E-state index contributed by atoms with van der Waals surface area (Å²) in [6.07, 6.45) is 1.81. The molecular formula is C18H24N4O3. The number of aromatic nitrogens is 2. The largest absolute Gasteiger partial charge is 0.379 e. The van der Waals surface area contributed by atoms with Crippen LogP contribution in [0.2, 0.25) is 0 Å². The van der Waals surface area contributed by atoms with Gasteiger partial charge in [-0.25, -0.2) is 4.98 Å². The first-order chi connectivity index (χ1) is 12.1. The van der Waals surface area contributed by atoms with Crippen LogP contribution in [0.25, 0.3) is 10.9 Å². The molecule has 1 aliphatic rings. The zero-order valence-electron chi connectivity index (χ0n) is 14.6. The van der Waals surface area contributed by atoms with Gasteiger partial charge in [0.25, 0.3) is 5.56 Å². The molecule has 2 heterocycles. The fraction of sp³-hybridized carbons (Fsp3) is 0.500. The average molecular weight is 344 g/mol. The van der Waals surface area contributed by atoms with Crippen LogP contribution in [-0.2, 0) is 16.1 Å². The van der Waals surface area contributed by atoms with E-state index in [-0.39, 0.29) is 11.5 Å². The Bertz CT molecular complexity index is 783. The van der Waals surface area contributed by atoms with Crippen molar-refractivity contribution in [3.8, 4) is 0 Å². The lowest BCUT2D eigenvalue weighted by atomic mass is 10.2. The molecule has 1 fully saturated rings. The highest BCUT2D eigenvalue weighted by Gasteiger charge is 2.14. The Morgan fingerprint density at radius 1 is 1.24 bits per heavy atom. The highest BCUT2D eigenvalue weighted by atomic mass is 16.5. The summed E-state index contributed by atoms with van der Waals surface area (Å²) in [6, 6.07) is 7.25. The van der Waals surface area contributed by atoms with Crippen molar-refractivity contribution in [3.05, 3.63) is 40.9 Å². The van der Waals surface area contributed by atoms with Crippen LogP contribution in [0.4, 0.5) is 0 Å². The van der Waals surface area contributed by atoms with E-state index < -0.39 is 0 Å². The van der Waals surface area contributed by atoms with Crippen LogP contribution in [-0.4, -0.2) is 71.7 Å². The van der Waals surface area contributed by atoms with Crippen LogP contribution >= 0.6 is 0 Å². The molecule has 0 bridgehead atoms. The molecule has 7 nitrogen and oxygen atoms in total. The molecule has 1 aliphatic heterocycles. The zero-order chi connectivity index (χ0) is 17.6. The van der Waals surface area contributed by atoms with Crippen molar-refractivity contribution in [2.24, 2.45) is 0 Å². The number of carbonyl (C=O) groups excluding carboxylic acids is 1. The summed E-state index contributed by atoms with van der Waals surface area (Å²) in [5.41, 5.74) is 0.576. The number of morpholine rings is 1. The molecule has 7 heteroatoms. The molecule has 3 rings (SSSR count). The van der Waals surface area contributed by atoms with Crippen molar-refractivity contribution < 1.29 is 9.53 Å². The second kappa shape index (κ2) is 8.22. The summed E-state index contributed by atoms with van der Waals surface area (Å²) in [5.74, 6) is 0.0355. The lowest BCUT2D eigenvalue weighted by Gasteiger charge is -2.28. The van der Waals surface area contributed by atoms with Gasteiger partial charge in [0.1, 0.15) is 0 Å². The molecule has 0 aliphatic carbocycles. The number of likely N-dealkylation sites (N-methyl/N-ethyl adjacent to an activating group) is 1. The Morgan fingerprint density at radius 3 is 2.80 bits per heavy atom. The summed E-state index contributed by atoms with van der Waals surface area (Å²) >= 11 is 0. The normalized spacial score (nSPS) is 15.4. The Labute approximate surface area is 146 Å². The Morgan fingerprint density at radius 2 is 2.00 bits per heavy atom. The van der Waals surface area contributed by atoms with E-state index in [0.717, 1.165) is 32.8 Å². The van der Waals surface area contributed by atoms with E-state index in [0.29, 0.717) is 30.4 Å². The minimum Gasteiger partial charge on any atom is -0.379 e. The molecule has 0 atom stereocenters. The van der Waals surface area contributed by atoms with E-state index in [9.17, 15) is 9.59 Å². The number of fused-ring (bicyclic) bond motifs is 1. The number of rotatable bonds is 6. The number of carbonyl (C=O) groups is 1. The SMILES string of the molecule is CN(CCN1CCOCC1)C(=O)CCn1cnc2ccccc2c1=O. The van der Waals surface area contributed by atoms with Crippen LogP contribution in [0.3, 0.4) is 0 Å². The second-order valence-electron chi connectivity index (χ2n) is 6.28. The van der Waals surface area contributed by atoms with Gasteiger partial charge in [-0.1, -0.05) is 12.1 Å². The van der Waals surface area contributed by atoms with E-state index in [4.69, 9.17) is 4.74 Å². The first-order valence-corrected chi connectivity index (χ1v) is 8.63. The monoisotopic (exact) mass is 344 g/mol. The van der Waals surface area contributed by atoms with Gasteiger partial charge in [-0.15, -0.1) is 0 Å². The number of aryl methyl sites for hydroxylation is 1. The molecular weight excluding hydrogens is 320 g/mol. The van der Waals surface area contributed by atoms with Gasteiger partial charge in [0, 0.05) is 46.2 Å². The van der Waals surface area contributed by atoms with Crippen molar-refractivity contribution in [2.45, 2.75) is 13.0 Å². The summed E-state index contributed by atoms with van der Waals surface area (Å²) < 4.78 is 6.83. The molecule has 1 aromatic heterocycles. The maximum Gasteiger partial charge on any atom is 0.261 e. The molecule has 1 saturated heterocycles. The maximum absolute atomic E-state index is 12.4. The number of benzene rings is 1. The first-order valence-electron chi connectivity index (χ1n) is 8.63. The quantitative estimate of drug-likeness (QED) is 0.767. The number of para-hydroxylation sites is 1. The number of hydrogen-bond acceptors (Lipinski definition) is 5. The minimum absolute atomic E-state index is 0.0355. The molecule has 0 N–H and O–H groups in total. The Hall–Kier alpha value is -2.25. The summed E-state index contributed by atoms with van der Waals surface area (Å²) in [6.45, 7) is 5.23. The molecule has 134 valence electrons. The van der Waals surface area contributed by atoms with E-state index in [2.05, 4.69) is 9.88 Å². The zero-order valence-corrected chi connectivity index (χ0v) is 14.6. The predicted molar refractivity (Wildman–Crippen MR) is 95.5 cm³/mol. The van der Waals surface area contributed by atoms with Gasteiger partial charge in [-0.2, -0.15) is 0 Å². The van der Waals surface area contributed by atoms with Crippen LogP contribution < -0.4 is 5.56 Å². The third kappa shape index (κ3) is 4.43. The lowest BCUT2D eigenvalue weighted by Crippen LogP contribution is -2.42. The van der Waals surface area contributed by atoms with Crippen molar-refractivity contribution in [1.29, 1.82) is 0 Å². The third-order valence-electron chi connectivity index (χ3n) is 4.58. The minimum atomic E-state index is -0.102. The second-order valence-corrected chi connectivity index (χ2v) is 6.28. The van der Waals surface area contributed by atoms with Crippen molar-refractivity contribution in [1.82, 2.24) is 19.4 Å². The maximum atomic E-state index is 12.4. The summed E-state index contributed by atoms with van der Waals surface area (Å²) in [5, 5.41) is 0.582. The molecule has 2 aromatic rings. The van der Waals surface area contributed by atoms with Crippen molar-refractivity contribution >= 4 is 16.8 Å². The standard InChI is InChI=1S/C18H24N4O3/c1-20(8-9-21-10-12-25-13-11-21)17(23)6-7-22-14-19-16-5-3-2-4-15(16)18(22)24/h2-5,14H,6-13H2,1H3. The lowest BCUT2D eigenvalue weighted by molar-refractivity contribution is -0.130. The fourth-order valence-electron chi connectivity index (χ4n) is 2.91. The van der Waals surface area contributed by atoms with Crippen molar-refractivity contribution in [2.75, 3.05) is 46.4 Å². The van der Waals surface area contributed by atoms with Crippen LogP contribution in [0.5, 0.6) is 0 Å². The predicted octanol–water partition coefficient (Wildman–Crippen LogP) is 0.577. The molecule has 0 saturated carbocycles. The topological polar surface area (TPSA) is 67.7 Å². The molecule has 0 unspecified atom stereocenters. The van der Waals surface area contributed by atoms with Gasteiger partial charge in [0.05, 0.1) is 30.4 Å². The van der Waals surface area contributed by atoms with Gasteiger partial charge < -0.3 is 9.64 Å². The summed E-state index contributed by atoms with van der Waals surface area (Å²) in [7, 11) is 1.81. The molecule has 25 heavy (non-hydrogen) atoms. The fourth-order valence-corrected chi connectivity index (χ4v) is 2.91. The van der Waals surface area contributed by atoms with Crippen molar-refractivity contribution in [3.63, 3.8) is 0 Å². The number of hydrogen-bond donors (Lipinski definition) is 0.